The summed E-state index contributed by atoms with van der Waals surface area (Å²) >= 11 is 1.81. The van der Waals surface area contributed by atoms with Crippen molar-refractivity contribution in [2.45, 2.75) is 55.4 Å². The number of nitrogens with zero attached hydrogens (tertiary/aromatic N) is 3. The van der Waals surface area contributed by atoms with E-state index in [4.69, 9.17) is 15.0 Å². The van der Waals surface area contributed by atoms with Gasteiger partial charge in [-0.15, -0.1) is 11.3 Å². The van der Waals surface area contributed by atoms with Crippen molar-refractivity contribution in [2.24, 2.45) is 0 Å². The molecule has 2 heterocycles. The molecule has 0 saturated carbocycles. The number of thiophene rings is 1. The van der Waals surface area contributed by atoms with Crippen LogP contribution >= 0.6 is 11.3 Å². The Balaban J connectivity index is 0.00000265. The number of hydrogen-bond acceptors (Lipinski definition) is 4. The van der Waals surface area contributed by atoms with E-state index in [0.29, 0.717) is 17.5 Å². The van der Waals surface area contributed by atoms with Gasteiger partial charge < -0.3 is 0 Å². The maximum absolute atomic E-state index is 5.09. The molecule has 0 radical (unpaired) electrons. The van der Waals surface area contributed by atoms with Gasteiger partial charge in [-0.25, -0.2) is 15.0 Å². The highest BCUT2D eigenvalue weighted by molar-refractivity contribution is 7.26. The molecule has 49 heavy (non-hydrogen) atoms. The van der Waals surface area contributed by atoms with Crippen LogP contribution in [0.25, 0.3) is 59.4 Å². The second kappa shape index (κ2) is 17.3. The Labute approximate surface area is 296 Å². The zero-order chi connectivity index (χ0) is 35.5. The van der Waals surface area contributed by atoms with Crippen molar-refractivity contribution in [3.05, 3.63) is 157 Å². The van der Waals surface area contributed by atoms with Gasteiger partial charge in [0, 0.05) is 36.9 Å². The molecule has 248 valence electrons. The SMILES string of the molecule is C=C/C=C\C(=C/C)c1nc(/C(C=C)=C/C=C\C)nc(-c2ccc(-c3ccc(C)c(C(=C/C)/C(C)=C\C)c3)c3sc4ccccc4c23)n1.CC. The molecule has 3 aromatic carbocycles. The molecule has 4 heteroatoms. The van der Waals surface area contributed by atoms with Crippen LogP contribution in [-0.2, 0) is 0 Å². The molecular formula is C45H47N3S. The fourth-order valence-electron chi connectivity index (χ4n) is 5.73. The van der Waals surface area contributed by atoms with Gasteiger partial charge in [-0.3, -0.25) is 0 Å². The van der Waals surface area contributed by atoms with E-state index < -0.39 is 0 Å². The lowest BCUT2D eigenvalue weighted by atomic mass is 9.90. The molecule has 0 fully saturated rings. The summed E-state index contributed by atoms with van der Waals surface area (Å²) in [5.74, 6) is 1.79. The molecule has 3 nitrogen and oxygen atoms in total. The highest BCUT2D eigenvalue weighted by Crippen LogP contribution is 2.45. The van der Waals surface area contributed by atoms with Crippen molar-refractivity contribution in [2.75, 3.05) is 0 Å². The Morgan fingerprint density at radius 3 is 2.14 bits per heavy atom. The van der Waals surface area contributed by atoms with E-state index in [-0.39, 0.29) is 0 Å². The number of fused-ring (bicyclic) bond motifs is 3. The monoisotopic (exact) mass is 661 g/mol. The molecule has 0 spiro atoms. The van der Waals surface area contributed by atoms with Crippen LogP contribution in [0.3, 0.4) is 0 Å². The Bertz CT molecular complexity index is 2180. The first kappa shape index (κ1) is 36.6. The minimum absolute atomic E-state index is 0.572. The summed E-state index contributed by atoms with van der Waals surface area (Å²) < 4.78 is 2.43. The van der Waals surface area contributed by atoms with Crippen molar-refractivity contribution in [3.63, 3.8) is 0 Å². The van der Waals surface area contributed by atoms with Gasteiger partial charge in [-0.05, 0) is 93.1 Å². The van der Waals surface area contributed by atoms with Gasteiger partial charge in [-0.1, -0.05) is 124 Å². The molecule has 0 amide bonds. The van der Waals surface area contributed by atoms with Gasteiger partial charge in [0.25, 0.3) is 0 Å². The Morgan fingerprint density at radius 1 is 0.776 bits per heavy atom. The second-order valence-electron chi connectivity index (χ2n) is 11.2. The van der Waals surface area contributed by atoms with Gasteiger partial charge >= 0.3 is 0 Å². The van der Waals surface area contributed by atoms with Crippen LogP contribution in [0.2, 0.25) is 0 Å². The van der Waals surface area contributed by atoms with Gasteiger partial charge in [0.05, 0.1) is 0 Å². The van der Waals surface area contributed by atoms with E-state index in [9.17, 15) is 0 Å². The first-order valence-electron chi connectivity index (χ1n) is 16.9. The summed E-state index contributed by atoms with van der Waals surface area (Å²) in [6.45, 7) is 24.5. The lowest BCUT2D eigenvalue weighted by molar-refractivity contribution is 1.00. The van der Waals surface area contributed by atoms with Gasteiger partial charge in [0.15, 0.2) is 17.5 Å². The van der Waals surface area contributed by atoms with Gasteiger partial charge in [0.1, 0.15) is 0 Å². The third-order valence-corrected chi connectivity index (χ3v) is 9.52. The second-order valence-corrected chi connectivity index (χ2v) is 12.2. The summed E-state index contributed by atoms with van der Waals surface area (Å²) in [7, 11) is 0. The van der Waals surface area contributed by atoms with E-state index in [1.165, 1.54) is 48.2 Å². The highest BCUT2D eigenvalue weighted by Gasteiger charge is 2.20. The van der Waals surface area contributed by atoms with E-state index >= 15 is 0 Å². The standard InChI is InChI=1S/C43H41N3S.C2H6/c1-9-15-19-30(12-4)41-44-42(31(13-5)20-16-10-2)46-43(45-41)36-26-25-34(40-39(36)35-21-17-18-22-38(35)47-40)32-24-23-29(8)37(27-32)33(14-6)28(7)11-3;1-2/h9-27H,1,5H2,2-4,6-8H3;1-2H3/b16-10-,19-15-,28-11-,30-12+,31-20+,33-14+;. The molecule has 5 aromatic rings. The first-order chi connectivity index (χ1) is 23.9. The molecular weight excluding hydrogens is 615 g/mol. The molecule has 2 aromatic heterocycles. The maximum Gasteiger partial charge on any atom is 0.164 e. The van der Waals surface area contributed by atoms with E-state index in [1.807, 2.05) is 75.5 Å². The van der Waals surface area contributed by atoms with Crippen molar-refractivity contribution in [1.82, 2.24) is 15.0 Å². The molecule has 0 aliphatic carbocycles. The lowest BCUT2D eigenvalue weighted by Crippen LogP contribution is -2.04. The van der Waals surface area contributed by atoms with Crippen LogP contribution in [0.15, 0.2) is 134 Å². The molecule has 0 atom stereocenters. The minimum Gasteiger partial charge on any atom is -0.208 e. The highest BCUT2D eigenvalue weighted by atomic mass is 32.1. The Morgan fingerprint density at radius 2 is 1.49 bits per heavy atom. The topological polar surface area (TPSA) is 38.7 Å². The summed E-state index contributed by atoms with van der Waals surface area (Å²) in [5.41, 5.74) is 10.1. The van der Waals surface area contributed by atoms with Crippen molar-refractivity contribution >= 4 is 48.2 Å². The first-order valence-corrected chi connectivity index (χ1v) is 17.7. The number of allylic oxidation sites excluding steroid dienone is 14. The molecule has 0 aliphatic heterocycles. The van der Waals surface area contributed by atoms with Crippen LogP contribution in [0, 0.1) is 6.92 Å². The predicted octanol–water partition coefficient (Wildman–Crippen LogP) is 13.6. The normalized spacial score (nSPS) is 13.0. The van der Waals surface area contributed by atoms with E-state index in [2.05, 4.69) is 108 Å². The Hall–Kier alpha value is -5.19. The fraction of sp³-hybridized carbons (Fsp3) is 0.178. The number of benzene rings is 3. The smallest absolute Gasteiger partial charge is 0.164 e. The molecule has 0 bridgehead atoms. The number of hydrogen-bond donors (Lipinski definition) is 0. The van der Waals surface area contributed by atoms with Crippen LogP contribution in [-0.4, -0.2) is 15.0 Å². The summed E-state index contributed by atoms with van der Waals surface area (Å²) in [5, 5.41) is 2.33. The van der Waals surface area contributed by atoms with E-state index in [1.54, 1.807) is 12.2 Å². The maximum atomic E-state index is 5.09. The van der Waals surface area contributed by atoms with Crippen LogP contribution < -0.4 is 0 Å². The van der Waals surface area contributed by atoms with Gasteiger partial charge in [-0.2, -0.15) is 0 Å². The average Bonchev–Trinajstić information content (AvgIpc) is 3.53. The van der Waals surface area contributed by atoms with Gasteiger partial charge in [0.2, 0.25) is 0 Å². The van der Waals surface area contributed by atoms with Crippen LogP contribution in [0.5, 0.6) is 0 Å². The summed E-state index contributed by atoms with van der Waals surface area (Å²) in [6, 6.07) is 19.8. The Kier molecular flexibility index (Phi) is 12.9. The molecule has 0 aliphatic rings. The molecule has 0 unspecified atom stereocenters. The third kappa shape index (κ3) is 7.77. The molecule has 0 saturated heterocycles. The van der Waals surface area contributed by atoms with Crippen molar-refractivity contribution < 1.29 is 0 Å². The lowest BCUT2D eigenvalue weighted by Gasteiger charge is -2.15. The number of aryl methyl sites for hydroxylation is 1. The van der Waals surface area contributed by atoms with Crippen LogP contribution in [0.4, 0.5) is 0 Å². The summed E-state index contributed by atoms with van der Waals surface area (Å²) in [6.07, 6.45) is 19.7. The molecule has 5 rings (SSSR count). The minimum atomic E-state index is 0.572. The van der Waals surface area contributed by atoms with Crippen molar-refractivity contribution in [3.8, 4) is 22.5 Å². The zero-order valence-corrected chi connectivity index (χ0v) is 31.0. The summed E-state index contributed by atoms with van der Waals surface area (Å²) in [4.78, 5) is 15.1. The predicted molar refractivity (Wildman–Crippen MR) is 219 cm³/mol. The number of rotatable bonds is 10. The zero-order valence-electron chi connectivity index (χ0n) is 30.1. The van der Waals surface area contributed by atoms with Crippen LogP contribution in [0.1, 0.15) is 71.2 Å². The fourth-order valence-corrected chi connectivity index (χ4v) is 7.00. The van der Waals surface area contributed by atoms with E-state index in [0.717, 1.165) is 22.1 Å². The molecule has 0 N–H and O–H groups in total. The van der Waals surface area contributed by atoms with Crippen molar-refractivity contribution in [1.29, 1.82) is 0 Å². The number of aromatic nitrogens is 3. The average molecular weight is 662 g/mol. The quantitative estimate of drug-likeness (QED) is 0.140. The third-order valence-electron chi connectivity index (χ3n) is 8.32. The largest absolute Gasteiger partial charge is 0.208 e.